The molecule has 8 heteroatoms. The highest BCUT2D eigenvalue weighted by Crippen LogP contribution is 2.22. The Morgan fingerprint density at radius 3 is 2.50 bits per heavy atom. The van der Waals surface area contributed by atoms with E-state index in [1.165, 1.54) is 0 Å². The molecule has 2 heterocycles. The van der Waals surface area contributed by atoms with Crippen LogP contribution in [0.1, 0.15) is 26.3 Å². The van der Waals surface area contributed by atoms with Gasteiger partial charge in [0.2, 0.25) is 5.91 Å². The number of rotatable bonds is 6. The number of amides is 2. The number of aromatic nitrogens is 1. The van der Waals surface area contributed by atoms with Gasteiger partial charge in [-0.05, 0) is 56.7 Å². The Morgan fingerprint density at radius 2 is 1.79 bits per heavy atom. The van der Waals surface area contributed by atoms with Crippen LogP contribution in [0.15, 0.2) is 54.7 Å². The third-order valence-electron chi connectivity index (χ3n) is 5.62. The van der Waals surface area contributed by atoms with Gasteiger partial charge in [-0.1, -0.05) is 18.2 Å². The van der Waals surface area contributed by atoms with Gasteiger partial charge < -0.3 is 30.0 Å². The van der Waals surface area contributed by atoms with Gasteiger partial charge in [0.05, 0.1) is 13.2 Å². The Morgan fingerprint density at radius 1 is 1.09 bits per heavy atom. The molecule has 3 N–H and O–H groups in total. The van der Waals surface area contributed by atoms with E-state index in [1.54, 1.807) is 20.8 Å². The van der Waals surface area contributed by atoms with Crippen LogP contribution in [0.25, 0.3) is 10.9 Å². The predicted molar refractivity (Wildman–Crippen MR) is 133 cm³/mol. The number of carbonyl (C=O) groups excluding carboxylic acids is 2. The van der Waals surface area contributed by atoms with Gasteiger partial charge in [-0.3, -0.25) is 4.79 Å². The molecular weight excluding hydrogens is 432 g/mol. The van der Waals surface area contributed by atoms with Gasteiger partial charge in [0.15, 0.2) is 0 Å². The third kappa shape index (κ3) is 6.08. The van der Waals surface area contributed by atoms with Crippen LogP contribution in [0.4, 0.5) is 16.2 Å². The fourth-order valence-corrected chi connectivity index (χ4v) is 3.99. The number of anilines is 2. The van der Waals surface area contributed by atoms with E-state index in [9.17, 15) is 9.59 Å². The third-order valence-corrected chi connectivity index (χ3v) is 5.62. The fraction of sp³-hybridized carbons (Fsp3) is 0.385. The van der Waals surface area contributed by atoms with Gasteiger partial charge in [0.1, 0.15) is 11.6 Å². The molecule has 0 unspecified atom stereocenters. The van der Waals surface area contributed by atoms with Crippen LogP contribution < -0.4 is 15.5 Å². The molecule has 180 valence electrons. The Balaban J connectivity index is 1.49. The van der Waals surface area contributed by atoms with Gasteiger partial charge in [0, 0.05) is 48.0 Å². The number of nitrogens with zero attached hydrogens (tertiary/aromatic N) is 1. The summed E-state index contributed by atoms with van der Waals surface area (Å²) in [6.45, 7) is 8.48. The first-order valence-electron chi connectivity index (χ1n) is 11.6. The van der Waals surface area contributed by atoms with Crippen LogP contribution >= 0.6 is 0 Å². The van der Waals surface area contributed by atoms with Gasteiger partial charge in [-0.25, -0.2) is 4.79 Å². The molecule has 4 rings (SSSR count). The lowest BCUT2D eigenvalue weighted by Crippen LogP contribution is -2.47. The second-order valence-corrected chi connectivity index (χ2v) is 9.40. The summed E-state index contributed by atoms with van der Waals surface area (Å²) in [6, 6.07) is 14.8. The predicted octanol–water partition coefficient (Wildman–Crippen LogP) is 4.08. The number of para-hydroxylation sites is 1. The lowest BCUT2D eigenvalue weighted by Gasteiger charge is -2.29. The number of aromatic amines is 1. The number of H-pyrrole nitrogens is 1. The number of benzene rings is 2. The quantitative estimate of drug-likeness (QED) is 0.511. The van der Waals surface area contributed by atoms with E-state index in [0.29, 0.717) is 25.3 Å². The SMILES string of the molecule is CC(C)(C)OC(=O)N[C@@H](Cc1c[nH]c2ccccc12)C(=O)Nc1ccc(N2CCOCC2)cc1. The number of alkyl carbamates (subject to hydrolysis) is 1. The molecule has 2 aromatic carbocycles. The van der Waals surface area contributed by atoms with Crippen LogP contribution in [0.3, 0.4) is 0 Å². The lowest BCUT2D eigenvalue weighted by molar-refractivity contribution is -0.118. The minimum atomic E-state index is -0.812. The van der Waals surface area contributed by atoms with Crippen molar-refractivity contribution >= 4 is 34.3 Å². The van der Waals surface area contributed by atoms with Crippen LogP contribution in [-0.2, 0) is 20.7 Å². The van der Waals surface area contributed by atoms with Crippen LogP contribution in [0.2, 0.25) is 0 Å². The van der Waals surface area contributed by atoms with Crippen molar-refractivity contribution in [3.8, 4) is 0 Å². The molecule has 0 radical (unpaired) electrons. The molecule has 1 aromatic heterocycles. The van der Waals surface area contributed by atoms with Crippen molar-refractivity contribution in [1.82, 2.24) is 10.3 Å². The number of carbonyl (C=O) groups is 2. The highest BCUT2D eigenvalue weighted by atomic mass is 16.6. The first kappa shape index (κ1) is 23.6. The molecule has 0 aliphatic carbocycles. The zero-order valence-corrected chi connectivity index (χ0v) is 19.9. The monoisotopic (exact) mass is 464 g/mol. The average Bonchev–Trinajstić information content (AvgIpc) is 3.21. The van der Waals surface area contributed by atoms with E-state index < -0.39 is 17.7 Å². The summed E-state index contributed by atoms with van der Waals surface area (Å²) in [5.74, 6) is -0.310. The number of morpholine rings is 1. The molecular formula is C26H32N4O4. The van der Waals surface area contributed by atoms with Crippen molar-refractivity contribution in [3.05, 3.63) is 60.3 Å². The van der Waals surface area contributed by atoms with E-state index in [4.69, 9.17) is 9.47 Å². The highest BCUT2D eigenvalue weighted by molar-refractivity contribution is 5.97. The van der Waals surface area contributed by atoms with Gasteiger partial charge in [-0.15, -0.1) is 0 Å². The summed E-state index contributed by atoms with van der Waals surface area (Å²) in [6.07, 6.45) is 1.56. The Kier molecular flexibility index (Phi) is 7.07. The van der Waals surface area contributed by atoms with Crippen molar-refractivity contribution in [2.24, 2.45) is 0 Å². The number of hydrogen-bond acceptors (Lipinski definition) is 5. The molecule has 1 saturated heterocycles. The largest absolute Gasteiger partial charge is 0.444 e. The normalized spacial score (nSPS) is 15.1. The fourth-order valence-electron chi connectivity index (χ4n) is 3.99. The van der Waals surface area contributed by atoms with Crippen molar-refractivity contribution in [3.63, 3.8) is 0 Å². The Bertz CT molecular complexity index is 1130. The Hall–Kier alpha value is -3.52. The molecule has 1 atom stereocenters. The molecule has 1 aliphatic heterocycles. The van der Waals surface area contributed by atoms with Gasteiger partial charge in [0.25, 0.3) is 0 Å². The van der Waals surface area contributed by atoms with Crippen LogP contribution in [0, 0.1) is 0 Å². The number of nitrogens with one attached hydrogen (secondary N) is 3. The zero-order chi connectivity index (χ0) is 24.1. The maximum absolute atomic E-state index is 13.2. The maximum Gasteiger partial charge on any atom is 0.408 e. The second-order valence-electron chi connectivity index (χ2n) is 9.40. The van der Waals surface area contributed by atoms with Crippen molar-refractivity contribution in [1.29, 1.82) is 0 Å². The van der Waals surface area contributed by atoms with E-state index in [0.717, 1.165) is 35.2 Å². The smallest absolute Gasteiger partial charge is 0.408 e. The van der Waals surface area contributed by atoms with E-state index in [1.807, 2.05) is 54.7 Å². The summed E-state index contributed by atoms with van der Waals surface area (Å²) >= 11 is 0. The highest BCUT2D eigenvalue weighted by Gasteiger charge is 2.26. The standard InChI is InChI=1S/C26H32N4O4/c1-26(2,3)34-25(32)29-23(16-18-17-27-22-7-5-4-6-21(18)22)24(31)28-19-8-10-20(11-9-19)30-12-14-33-15-13-30/h4-11,17,23,27H,12-16H2,1-3H3,(H,28,31)(H,29,32)/t23-/m0/s1. The van der Waals surface area contributed by atoms with Crippen molar-refractivity contribution < 1.29 is 19.1 Å². The molecule has 34 heavy (non-hydrogen) atoms. The van der Waals surface area contributed by atoms with E-state index in [2.05, 4.69) is 20.5 Å². The minimum absolute atomic E-state index is 0.310. The first-order valence-corrected chi connectivity index (χ1v) is 11.6. The van der Waals surface area contributed by atoms with Crippen molar-refractivity contribution in [2.75, 3.05) is 36.5 Å². The van der Waals surface area contributed by atoms with Gasteiger partial charge in [-0.2, -0.15) is 0 Å². The molecule has 0 saturated carbocycles. The zero-order valence-electron chi connectivity index (χ0n) is 19.9. The number of ether oxygens (including phenoxy) is 2. The topological polar surface area (TPSA) is 95.7 Å². The summed E-state index contributed by atoms with van der Waals surface area (Å²) in [5.41, 5.74) is 3.00. The molecule has 3 aromatic rings. The maximum atomic E-state index is 13.2. The van der Waals surface area contributed by atoms with Crippen LogP contribution in [-0.4, -0.2) is 54.9 Å². The average molecular weight is 465 g/mol. The van der Waals surface area contributed by atoms with E-state index >= 15 is 0 Å². The van der Waals surface area contributed by atoms with Crippen LogP contribution in [0.5, 0.6) is 0 Å². The molecule has 2 amide bonds. The summed E-state index contributed by atoms with van der Waals surface area (Å²) in [7, 11) is 0. The molecule has 0 bridgehead atoms. The molecule has 1 aliphatic rings. The molecule has 1 fully saturated rings. The number of fused-ring (bicyclic) bond motifs is 1. The summed E-state index contributed by atoms with van der Waals surface area (Å²) in [5, 5.41) is 6.70. The summed E-state index contributed by atoms with van der Waals surface area (Å²) < 4.78 is 10.8. The van der Waals surface area contributed by atoms with E-state index in [-0.39, 0.29) is 5.91 Å². The Labute approximate surface area is 199 Å². The lowest BCUT2D eigenvalue weighted by atomic mass is 10.0. The summed E-state index contributed by atoms with van der Waals surface area (Å²) in [4.78, 5) is 31.2. The minimum Gasteiger partial charge on any atom is -0.444 e. The first-order chi connectivity index (χ1) is 16.3. The second kappa shape index (κ2) is 10.2. The molecule has 8 nitrogen and oxygen atoms in total. The van der Waals surface area contributed by atoms with Gasteiger partial charge >= 0.3 is 6.09 Å². The van der Waals surface area contributed by atoms with Crippen molar-refractivity contribution in [2.45, 2.75) is 38.8 Å². The molecule has 0 spiro atoms. The number of hydrogen-bond donors (Lipinski definition) is 3.